The number of nitrogens with zero attached hydrogens (tertiary/aromatic N) is 3. The molecule has 3 aromatic carbocycles. The number of fused-ring (bicyclic) bond motifs is 1. The Balaban J connectivity index is 1.41. The minimum atomic E-state index is -0.312. The van der Waals surface area contributed by atoms with Crippen LogP contribution in [0.1, 0.15) is 29.3 Å². The summed E-state index contributed by atoms with van der Waals surface area (Å²) in [5.41, 5.74) is 4.88. The van der Waals surface area contributed by atoms with E-state index >= 15 is 0 Å². The van der Waals surface area contributed by atoms with Gasteiger partial charge < -0.3 is 14.2 Å². The van der Waals surface area contributed by atoms with Gasteiger partial charge in [-0.3, -0.25) is 4.79 Å². The molecule has 1 aliphatic heterocycles. The predicted octanol–water partition coefficient (Wildman–Crippen LogP) is 5.39. The Morgan fingerprint density at radius 1 is 1.00 bits per heavy atom. The van der Waals surface area contributed by atoms with E-state index in [1.165, 1.54) is 12.1 Å². The molecule has 1 amide bonds. The molecule has 4 aromatic rings. The van der Waals surface area contributed by atoms with Crippen molar-refractivity contribution < 1.29 is 13.9 Å². The van der Waals surface area contributed by atoms with Gasteiger partial charge in [0, 0.05) is 24.6 Å². The number of amides is 1. The van der Waals surface area contributed by atoms with E-state index in [0.29, 0.717) is 31.8 Å². The lowest BCUT2D eigenvalue weighted by Gasteiger charge is -2.18. The fourth-order valence-electron chi connectivity index (χ4n) is 4.66. The molecule has 1 aliphatic rings. The van der Waals surface area contributed by atoms with Crippen molar-refractivity contribution in [3.63, 3.8) is 0 Å². The Morgan fingerprint density at radius 2 is 1.73 bits per heavy atom. The maximum Gasteiger partial charge on any atom is 0.227 e. The molecule has 0 radical (unpaired) electrons. The lowest BCUT2D eigenvalue weighted by Crippen LogP contribution is -2.24. The van der Waals surface area contributed by atoms with Gasteiger partial charge in [0.25, 0.3) is 0 Å². The van der Waals surface area contributed by atoms with Crippen molar-refractivity contribution in [1.82, 2.24) is 9.55 Å². The number of carbonyl (C=O) groups is 1. The molecule has 0 spiro atoms. The van der Waals surface area contributed by atoms with Gasteiger partial charge in [-0.1, -0.05) is 30.3 Å². The molecule has 5 nitrogen and oxygen atoms in total. The molecule has 168 valence electrons. The van der Waals surface area contributed by atoms with E-state index in [0.717, 1.165) is 33.7 Å². The molecule has 33 heavy (non-hydrogen) atoms. The maximum absolute atomic E-state index is 13.3. The van der Waals surface area contributed by atoms with Crippen LogP contribution in [0.25, 0.3) is 11.0 Å². The van der Waals surface area contributed by atoms with E-state index in [1.54, 1.807) is 17.0 Å². The van der Waals surface area contributed by atoms with Gasteiger partial charge >= 0.3 is 0 Å². The van der Waals surface area contributed by atoms with Gasteiger partial charge in [0.1, 0.15) is 24.0 Å². The van der Waals surface area contributed by atoms with E-state index in [1.807, 2.05) is 24.3 Å². The Bertz CT molecular complexity index is 1290. The Labute approximate surface area is 192 Å². The van der Waals surface area contributed by atoms with Gasteiger partial charge in [-0.2, -0.15) is 0 Å². The molecule has 1 saturated heterocycles. The van der Waals surface area contributed by atoms with E-state index in [4.69, 9.17) is 9.72 Å². The quantitative estimate of drug-likeness (QED) is 0.401. The number of aromatic nitrogens is 2. The van der Waals surface area contributed by atoms with Crippen LogP contribution in [0.5, 0.6) is 5.75 Å². The zero-order valence-corrected chi connectivity index (χ0v) is 18.8. The summed E-state index contributed by atoms with van der Waals surface area (Å²) in [5.74, 6) is 1.47. The van der Waals surface area contributed by atoms with E-state index in [-0.39, 0.29) is 17.6 Å². The zero-order chi connectivity index (χ0) is 22.9. The molecule has 0 saturated carbocycles. The summed E-state index contributed by atoms with van der Waals surface area (Å²) >= 11 is 0. The zero-order valence-electron chi connectivity index (χ0n) is 18.8. The number of carbonyl (C=O) groups excluding carboxylic acids is 1. The molecule has 0 bridgehead atoms. The van der Waals surface area contributed by atoms with Gasteiger partial charge in [-0.15, -0.1) is 0 Å². The summed E-state index contributed by atoms with van der Waals surface area (Å²) in [4.78, 5) is 19.4. The van der Waals surface area contributed by atoms with Crippen LogP contribution in [0.15, 0.2) is 66.7 Å². The van der Waals surface area contributed by atoms with Crippen molar-refractivity contribution in [1.29, 1.82) is 0 Å². The Kier molecular flexibility index (Phi) is 5.58. The lowest BCUT2D eigenvalue weighted by molar-refractivity contribution is -0.117. The van der Waals surface area contributed by atoms with E-state index in [2.05, 4.69) is 36.6 Å². The van der Waals surface area contributed by atoms with Crippen LogP contribution < -0.4 is 9.64 Å². The van der Waals surface area contributed by atoms with Gasteiger partial charge in [0.2, 0.25) is 5.91 Å². The third kappa shape index (κ3) is 4.09. The standard InChI is InChI=1S/C27H26FN3O2/c1-18-6-5-7-19(2)26(18)33-15-14-30-24-9-4-3-8-23(24)29-27(30)20-16-25(32)31(17-20)22-12-10-21(28)11-13-22/h3-13,20H,14-17H2,1-2H3/t20-/m0/s1. The lowest BCUT2D eigenvalue weighted by atomic mass is 10.1. The van der Waals surface area contributed by atoms with Crippen LogP contribution in [-0.4, -0.2) is 28.6 Å². The van der Waals surface area contributed by atoms with Crippen LogP contribution in [0.3, 0.4) is 0 Å². The number of hydrogen-bond donors (Lipinski definition) is 0. The number of anilines is 1. The third-order valence-corrected chi connectivity index (χ3v) is 6.28. The number of para-hydroxylation sites is 3. The smallest absolute Gasteiger partial charge is 0.227 e. The second-order valence-corrected chi connectivity index (χ2v) is 8.56. The predicted molar refractivity (Wildman–Crippen MR) is 127 cm³/mol. The van der Waals surface area contributed by atoms with E-state index < -0.39 is 0 Å². The largest absolute Gasteiger partial charge is 0.491 e. The molecule has 0 unspecified atom stereocenters. The fraction of sp³-hybridized carbons (Fsp3) is 0.259. The first-order valence-corrected chi connectivity index (χ1v) is 11.2. The highest BCUT2D eigenvalue weighted by atomic mass is 19.1. The summed E-state index contributed by atoms with van der Waals surface area (Å²) in [6.07, 6.45) is 0.373. The first-order valence-electron chi connectivity index (χ1n) is 11.2. The van der Waals surface area contributed by atoms with Crippen molar-refractivity contribution in [2.75, 3.05) is 18.1 Å². The average molecular weight is 444 g/mol. The minimum absolute atomic E-state index is 0.0250. The van der Waals surface area contributed by atoms with Gasteiger partial charge in [0.05, 0.1) is 17.6 Å². The highest BCUT2D eigenvalue weighted by Crippen LogP contribution is 2.33. The minimum Gasteiger partial charge on any atom is -0.491 e. The topological polar surface area (TPSA) is 47.4 Å². The molecule has 1 aromatic heterocycles. The SMILES string of the molecule is Cc1cccc(C)c1OCCn1c([C@H]2CC(=O)N(c3ccc(F)cc3)C2)nc2ccccc21. The number of halogens is 1. The molecular weight excluding hydrogens is 417 g/mol. The summed E-state index contributed by atoms with van der Waals surface area (Å²) in [7, 11) is 0. The average Bonchev–Trinajstić information content (AvgIpc) is 3.37. The number of imidazole rings is 1. The van der Waals surface area contributed by atoms with Crippen molar-refractivity contribution in [2.24, 2.45) is 0 Å². The molecule has 6 heteroatoms. The summed E-state index contributed by atoms with van der Waals surface area (Å²) in [6, 6.07) is 20.2. The molecular formula is C27H26FN3O2. The number of benzene rings is 3. The number of ether oxygens (including phenoxy) is 1. The summed E-state index contributed by atoms with van der Waals surface area (Å²) < 4.78 is 21.7. The second-order valence-electron chi connectivity index (χ2n) is 8.56. The van der Waals surface area contributed by atoms with Crippen LogP contribution in [0.2, 0.25) is 0 Å². The first-order chi connectivity index (χ1) is 16.0. The van der Waals surface area contributed by atoms with Gasteiger partial charge in [0.15, 0.2) is 0 Å². The Morgan fingerprint density at radius 3 is 2.48 bits per heavy atom. The van der Waals surface area contributed by atoms with Crippen LogP contribution in [-0.2, 0) is 11.3 Å². The molecule has 1 fully saturated rings. The maximum atomic E-state index is 13.3. The second kappa shape index (κ2) is 8.70. The first kappa shape index (κ1) is 21.2. The Hall–Kier alpha value is -3.67. The van der Waals surface area contributed by atoms with Crippen LogP contribution in [0, 0.1) is 19.7 Å². The molecule has 0 aliphatic carbocycles. The van der Waals surface area contributed by atoms with Crippen molar-refractivity contribution in [3.8, 4) is 5.75 Å². The van der Waals surface area contributed by atoms with Crippen LogP contribution >= 0.6 is 0 Å². The molecule has 2 heterocycles. The highest BCUT2D eigenvalue weighted by Gasteiger charge is 2.34. The van der Waals surface area contributed by atoms with Crippen LogP contribution in [0.4, 0.5) is 10.1 Å². The third-order valence-electron chi connectivity index (χ3n) is 6.28. The molecule has 0 N–H and O–H groups in total. The van der Waals surface area contributed by atoms with Crippen molar-refractivity contribution in [3.05, 3.63) is 89.5 Å². The number of rotatable bonds is 6. The molecule has 5 rings (SSSR count). The summed E-state index contributed by atoms with van der Waals surface area (Å²) in [6.45, 7) is 5.75. The van der Waals surface area contributed by atoms with E-state index in [9.17, 15) is 9.18 Å². The molecule has 1 atom stereocenters. The monoisotopic (exact) mass is 443 g/mol. The van der Waals surface area contributed by atoms with Crippen molar-refractivity contribution >= 4 is 22.6 Å². The number of aryl methyl sites for hydroxylation is 2. The number of hydrogen-bond acceptors (Lipinski definition) is 3. The summed E-state index contributed by atoms with van der Waals surface area (Å²) in [5, 5.41) is 0. The van der Waals surface area contributed by atoms with Gasteiger partial charge in [-0.05, 0) is 61.4 Å². The highest BCUT2D eigenvalue weighted by molar-refractivity contribution is 5.96. The normalized spacial score (nSPS) is 16.0. The fourth-order valence-corrected chi connectivity index (χ4v) is 4.66. The van der Waals surface area contributed by atoms with Gasteiger partial charge in [-0.25, -0.2) is 9.37 Å². The van der Waals surface area contributed by atoms with Crippen molar-refractivity contribution in [2.45, 2.75) is 32.7 Å².